The van der Waals surface area contributed by atoms with Crippen molar-refractivity contribution in [3.8, 4) is 5.19 Å². The van der Waals surface area contributed by atoms with E-state index >= 15 is 0 Å². The number of thiazole rings is 1. The predicted molar refractivity (Wildman–Crippen MR) is 77.2 cm³/mol. The van der Waals surface area contributed by atoms with E-state index < -0.39 is 11.9 Å². The maximum absolute atomic E-state index is 12.7. The maximum atomic E-state index is 12.7. The fourth-order valence-corrected chi connectivity index (χ4v) is 2.97. The second kappa shape index (κ2) is 6.12. The van der Waals surface area contributed by atoms with Crippen LogP contribution in [0.3, 0.4) is 0 Å². The number of alkyl halides is 3. The normalized spacial score (nSPS) is 16.8. The van der Waals surface area contributed by atoms with Crippen LogP contribution in [0.5, 0.6) is 5.19 Å². The van der Waals surface area contributed by atoms with Gasteiger partial charge >= 0.3 is 6.18 Å². The molecule has 2 aromatic rings. The zero-order valence-corrected chi connectivity index (χ0v) is 12.4. The predicted octanol–water partition coefficient (Wildman–Crippen LogP) is 3.60. The number of piperidine rings is 1. The molecule has 0 aliphatic carbocycles. The smallest absolute Gasteiger partial charge is 0.433 e. The van der Waals surface area contributed by atoms with Crippen LogP contribution in [-0.2, 0) is 6.18 Å². The summed E-state index contributed by atoms with van der Waals surface area (Å²) in [7, 11) is 0. The SMILES string of the molecule is FC(F)(F)c1cc(N2CCC(Oc3nccs3)CC2)ccn1. The topological polar surface area (TPSA) is 38.2 Å². The first kappa shape index (κ1) is 15.1. The second-order valence-electron chi connectivity index (χ2n) is 5.00. The lowest BCUT2D eigenvalue weighted by Crippen LogP contribution is -2.38. The Morgan fingerprint density at radius 1 is 1.18 bits per heavy atom. The molecule has 2 aromatic heterocycles. The van der Waals surface area contributed by atoms with Crippen molar-refractivity contribution >= 4 is 17.0 Å². The fraction of sp³-hybridized carbons (Fsp3) is 0.429. The molecular formula is C14H14F3N3OS. The zero-order valence-electron chi connectivity index (χ0n) is 11.6. The van der Waals surface area contributed by atoms with E-state index in [1.165, 1.54) is 17.5 Å². The van der Waals surface area contributed by atoms with Crippen molar-refractivity contribution in [2.75, 3.05) is 18.0 Å². The van der Waals surface area contributed by atoms with Crippen LogP contribution in [0.2, 0.25) is 0 Å². The molecule has 0 amide bonds. The molecule has 0 bridgehead atoms. The quantitative estimate of drug-likeness (QED) is 0.862. The number of aromatic nitrogens is 2. The van der Waals surface area contributed by atoms with Crippen molar-refractivity contribution < 1.29 is 17.9 Å². The van der Waals surface area contributed by atoms with Crippen molar-refractivity contribution in [1.29, 1.82) is 0 Å². The molecule has 22 heavy (non-hydrogen) atoms. The van der Waals surface area contributed by atoms with Crippen LogP contribution in [0.15, 0.2) is 29.9 Å². The van der Waals surface area contributed by atoms with Crippen molar-refractivity contribution in [3.05, 3.63) is 35.6 Å². The first-order valence-electron chi connectivity index (χ1n) is 6.87. The molecule has 3 rings (SSSR count). The van der Waals surface area contributed by atoms with Gasteiger partial charge in [-0.05, 0) is 12.1 Å². The van der Waals surface area contributed by atoms with Gasteiger partial charge in [-0.2, -0.15) is 13.2 Å². The molecule has 0 atom stereocenters. The number of ether oxygens (including phenoxy) is 1. The van der Waals surface area contributed by atoms with Crippen molar-refractivity contribution in [2.45, 2.75) is 25.1 Å². The van der Waals surface area contributed by atoms with E-state index in [0.717, 1.165) is 18.9 Å². The van der Waals surface area contributed by atoms with Gasteiger partial charge in [0.15, 0.2) is 0 Å². The highest BCUT2D eigenvalue weighted by atomic mass is 32.1. The highest BCUT2D eigenvalue weighted by Gasteiger charge is 2.33. The van der Waals surface area contributed by atoms with Gasteiger partial charge in [0.05, 0.1) is 0 Å². The number of rotatable bonds is 3. The van der Waals surface area contributed by atoms with E-state index in [4.69, 9.17) is 4.74 Å². The number of hydrogen-bond acceptors (Lipinski definition) is 5. The molecule has 118 valence electrons. The molecular weight excluding hydrogens is 315 g/mol. The molecule has 1 aliphatic heterocycles. The Balaban J connectivity index is 1.61. The third-order valence-electron chi connectivity index (χ3n) is 3.52. The van der Waals surface area contributed by atoms with Crippen LogP contribution in [0.1, 0.15) is 18.5 Å². The summed E-state index contributed by atoms with van der Waals surface area (Å²) in [6, 6.07) is 2.71. The summed E-state index contributed by atoms with van der Waals surface area (Å²) in [5, 5.41) is 2.49. The lowest BCUT2D eigenvalue weighted by molar-refractivity contribution is -0.141. The minimum atomic E-state index is -4.41. The highest BCUT2D eigenvalue weighted by molar-refractivity contribution is 7.11. The van der Waals surface area contributed by atoms with Gasteiger partial charge < -0.3 is 9.64 Å². The van der Waals surface area contributed by atoms with Gasteiger partial charge in [-0.25, -0.2) is 4.98 Å². The molecule has 8 heteroatoms. The zero-order chi connectivity index (χ0) is 15.6. The molecule has 0 radical (unpaired) electrons. The van der Waals surface area contributed by atoms with Crippen LogP contribution < -0.4 is 9.64 Å². The Morgan fingerprint density at radius 2 is 1.95 bits per heavy atom. The Labute approximate surface area is 129 Å². The van der Waals surface area contributed by atoms with Gasteiger partial charge in [0.2, 0.25) is 0 Å². The standard InChI is InChI=1S/C14H14F3N3OS/c15-14(16,17)12-9-10(1-4-18-12)20-6-2-11(3-7-20)21-13-19-5-8-22-13/h1,4-5,8-9,11H,2-3,6-7H2. The van der Waals surface area contributed by atoms with E-state index in [1.807, 2.05) is 10.3 Å². The molecule has 3 heterocycles. The van der Waals surface area contributed by atoms with Crippen LogP contribution in [-0.4, -0.2) is 29.2 Å². The Hall–Kier alpha value is -1.83. The largest absolute Gasteiger partial charge is 0.467 e. The van der Waals surface area contributed by atoms with Gasteiger partial charge in [-0.3, -0.25) is 4.98 Å². The average molecular weight is 329 g/mol. The molecule has 0 spiro atoms. The number of nitrogens with zero attached hydrogens (tertiary/aromatic N) is 3. The van der Waals surface area contributed by atoms with Gasteiger partial charge in [0.1, 0.15) is 11.8 Å². The maximum Gasteiger partial charge on any atom is 0.433 e. The molecule has 1 fully saturated rings. The fourth-order valence-electron chi connectivity index (χ4n) is 2.41. The number of anilines is 1. The third kappa shape index (κ3) is 3.49. The Bertz CT molecular complexity index is 610. The van der Waals surface area contributed by atoms with Crippen molar-refractivity contribution in [1.82, 2.24) is 9.97 Å². The van der Waals surface area contributed by atoms with Crippen LogP contribution >= 0.6 is 11.3 Å². The first-order valence-corrected chi connectivity index (χ1v) is 7.75. The minimum absolute atomic E-state index is 0.0614. The van der Waals surface area contributed by atoms with Gasteiger partial charge in [0.25, 0.3) is 5.19 Å². The minimum Gasteiger partial charge on any atom is -0.467 e. The summed E-state index contributed by atoms with van der Waals surface area (Å²) in [6.07, 6.45) is 0.0434. The molecule has 0 N–H and O–H groups in total. The summed E-state index contributed by atoms with van der Waals surface area (Å²) in [5.74, 6) is 0. The molecule has 4 nitrogen and oxygen atoms in total. The van der Waals surface area contributed by atoms with Crippen LogP contribution in [0.4, 0.5) is 18.9 Å². The average Bonchev–Trinajstić information content (AvgIpc) is 3.00. The summed E-state index contributed by atoms with van der Waals surface area (Å²) >= 11 is 1.44. The molecule has 0 aromatic carbocycles. The molecule has 0 unspecified atom stereocenters. The lowest BCUT2D eigenvalue weighted by atomic mass is 10.1. The third-order valence-corrected chi connectivity index (χ3v) is 4.18. The van der Waals surface area contributed by atoms with Crippen molar-refractivity contribution in [3.63, 3.8) is 0 Å². The van der Waals surface area contributed by atoms with E-state index in [1.54, 1.807) is 12.3 Å². The van der Waals surface area contributed by atoms with Gasteiger partial charge in [-0.15, -0.1) is 0 Å². The van der Waals surface area contributed by atoms with E-state index in [-0.39, 0.29) is 6.10 Å². The van der Waals surface area contributed by atoms with Crippen LogP contribution in [0, 0.1) is 0 Å². The summed E-state index contributed by atoms with van der Waals surface area (Å²) in [5.41, 5.74) is -0.304. The second-order valence-corrected chi connectivity index (χ2v) is 5.86. The van der Waals surface area contributed by atoms with E-state index in [9.17, 15) is 13.2 Å². The van der Waals surface area contributed by atoms with E-state index in [0.29, 0.717) is 24.0 Å². The first-order chi connectivity index (χ1) is 10.5. The molecule has 1 aliphatic rings. The summed E-state index contributed by atoms with van der Waals surface area (Å²) < 4.78 is 43.9. The lowest BCUT2D eigenvalue weighted by Gasteiger charge is -2.33. The Morgan fingerprint density at radius 3 is 2.59 bits per heavy atom. The summed E-state index contributed by atoms with van der Waals surface area (Å²) in [6.45, 7) is 1.30. The number of pyridine rings is 1. The molecule has 1 saturated heterocycles. The summed E-state index contributed by atoms with van der Waals surface area (Å²) in [4.78, 5) is 9.39. The van der Waals surface area contributed by atoms with Gasteiger partial charge in [0, 0.05) is 49.4 Å². The van der Waals surface area contributed by atoms with Crippen molar-refractivity contribution in [2.24, 2.45) is 0 Å². The van der Waals surface area contributed by atoms with E-state index in [2.05, 4.69) is 9.97 Å². The van der Waals surface area contributed by atoms with Gasteiger partial charge in [-0.1, -0.05) is 11.3 Å². The number of halogens is 3. The Kier molecular flexibility index (Phi) is 4.19. The van der Waals surface area contributed by atoms with Crippen LogP contribution in [0.25, 0.3) is 0 Å². The monoisotopic (exact) mass is 329 g/mol. The highest BCUT2D eigenvalue weighted by Crippen LogP contribution is 2.31. The molecule has 0 saturated carbocycles. The number of hydrogen-bond donors (Lipinski definition) is 0.